The molecule has 0 aliphatic rings. The fourth-order valence-corrected chi connectivity index (χ4v) is 1.65. The van der Waals surface area contributed by atoms with Crippen molar-refractivity contribution in [3.8, 4) is 0 Å². The van der Waals surface area contributed by atoms with Crippen molar-refractivity contribution in [2.24, 2.45) is 4.99 Å². The number of isocyanates is 1. The van der Waals surface area contributed by atoms with Gasteiger partial charge in [0.25, 0.3) is 0 Å². The number of rotatable bonds is 4. The molecule has 0 unspecified atom stereocenters. The van der Waals surface area contributed by atoms with Gasteiger partial charge in [0, 0.05) is 31.6 Å². The number of carbonyl (C=O) groups excluding carboxylic acids is 1. The maximum Gasteiger partial charge on any atom is 0.234 e. The summed E-state index contributed by atoms with van der Waals surface area (Å²) in [6.07, 6.45) is 4.10. The molecule has 70 valence electrons. The Bertz CT molecular complexity index is 315. The minimum absolute atomic E-state index is 0.499. The number of nitrogens with zero attached hydrogens (tertiary/aromatic N) is 3. The van der Waals surface area contributed by atoms with E-state index in [2.05, 4.69) is 9.98 Å². The number of aromatic nitrogens is 1. The van der Waals surface area contributed by atoms with E-state index in [1.54, 1.807) is 11.3 Å². The van der Waals surface area contributed by atoms with Crippen LogP contribution >= 0.6 is 11.3 Å². The quantitative estimate of drug-likeness (QED) is 0.536. The Balaban J connectivity index is 2.53. The standard InChI is InChI=1S/C8H11N3OS/c1-11(2)8-10-5-7(13-8)3-4-9-6-12/h5H,3-4H2,1-2H3. The molecule has 1 rings (SSSR count). The summed E-state index contributed by atoms with van der Waals surface area (Å²) in [5.41, 5.74) is 0. The molecule has 1 heterocycles. The second-order valence-electron chi connectivity index (χ2n) is 2.73. The van der Waals surface area contributed by atoms with Crippen molar-refractivity contribution in [1.29, 1.82) is 0 Å². The van der Waals surface area contributed by atoms with Crippen LogP contribution < -0.4 is 4.90 Å². The van der Waals surface area contributed by atoms with Crippen LogP contribution in [0.4, 0.5) is 5.13 Å². The Kier molecular flexibility index (Phi) is 3.61. The molecule has 0 N–H and O–H groups in total. The van der Waals surface area contributed by atoms with Gasteiger partial charge in [-0.05, 0) is 0 Å². The zero-order chi connectivity index (χ0) is 9.68. The number of hydrogen-bond acceptors (Lipinski definition) is 5. The largest absolute Gasteiger partial charge is 0.354 e. The van der Waals surface area contributed by atoms with Gasteiger partial charge in [0.15, 0.2) is 5.13 Å². The topological polar surface area (TPSA) is 45.6 Å². The van der Waals surface area contributed by atoms with Crippen molar-refractivity contribution < 1.29 is 4.79 Å². The molecule has 1 aromatic heterocycles. The van der Waals surface area contributed by atoms with E-state index in [1.165, 1.54) is 6.08 Å². The van der Waals surface area contributed by atoms with E-state index in [4.69, 9.17) is 0 Å². The van der Waals surface area contributed by atoms with E-state index in [0.29, 0.717) is 6.54 Å². The van der Waals surface area contributed by atoms with Crippen LogP contribution in [0.3, 0.4) is 0 Å². The van der Waals surface area contributed by atoms with Gasteiger partial charge in [-0.15, -0.1) is 11.3 Å². The first-order valence-corrected chi connectivity index (χ1v) is 4.71. The van der Waals surface area contributed by atoms with Gasteiger partial charge < -0.3 is 4.90 Å². The van der Waals surface area contributed by atoms with Crippen LogP contribution in [0.1, 0.15) is 4.88 Å². The number of aliphatic imine (C=N–C) groups is 1. The molecule has 0 saturated heterocycles. The van der Waals surface area contributed by atoms with Crippen molar-refractivity contribution in [2.75, 3.05) is 25.5 Å². The predicted molar refractivity (Wildman–Crippen MR) is 53.1 cm³/mol. The Labute approximate surface area is 80.9 Å². The third-order valence-corrected chi connectivity index (χ3v) is 2.68. The highest BCUT2D eigenvalue weighted by Crippen LogP contribution is 2.20. The van der Waals surface area contributed by atoms with Crippen LogP contribution in [0, 0.1) is 0 Å². The van der Waals surface area contributed by atoms with Gasteiger partial charge in [-0.25, -0.2) is 14.8 Å². The highest BCUT2D eigenvalue weighted by atomic mass is 32.1. The molecule has 4 nitrogen and oxygen atoms in total. The summed E-state index contributed by atoms with van der Waals surface area (Å²) in [7, 11) is 3.90. The van der Waals surface area contributed by atoms with Gasteiger partial charge >= 0.3 is 0 Å². The Morgan fingerprint density at radius 1 is 1.69 bits per heavy atom. The minimum atomic E-state index is 0.499. The lowest BCUT2D eigenvalue weighted by atomic mass is 10.4. The Morgan fingerprint density at radius 2 is 2.46 bits per heavy atom. The molecule has 13 heavy (non-hydrogen) atoms. The summed E-state index contributed by atoms with van der Waals surface area (Å²) < 4.78 is 0. The summed E-state index contributed by atoms with van der Waals surface area (Å²) in [4.78, 5) is 20.6. The van der Waals surface area contributed by atoms with Crippen molar-refractivity contribution in [2.45, 2.75) is 6.42 Å². The van der Waals surface area contributed by atoms with Crippen LogP contribution in [0.25, 0.3) is 0 Å². The minimum Gasteiger partial charge on any atom is -0.354 e. The lowest BCUT2D eigenvalue weighted by molar-refractivity contribution is 0.563. The third-order valence-electron chi connectivity index (χ3n) is 1.46. The molecular formula is C8H11N3OS. The second kappa shape index (κ2) is 4.74. The van der Waals surface area contributed by atoms with Crippen LogP contribution in [0.5, 0.6) is 0 Å². The highest BCUT2D eigenvalue weighted by molar-refractivity contribution is 7.15. The molecule has 0 spiro atoms. The van der Waals surface area contributed by atoms with E-state index < -0.39 is 0 Å². The smallest absolute Gasteiger partial charge is 0.234 e. The van der Waals surface area contributed by atoms with Gasteiger partial charge in [-0.3, -0.25) is 0 Å². The summed E-state index contributed by atoms with van der Waals surface area (Å²) in [6, 6.07) is 0. The molecule has 1 aromatic rings. The first-order valence-electron chi connectivity index (χ1n) is 3.89. The van der Waals surface area contributed by atoms with E-state index in [0.717, 1.165) is 16.4 Å². The number of anilines is 1. The normalized spacial score (nSPS) is 9.38. The monoisotopic (exact) mass is 197 g/mol. The summed E-state index contributed by atoms with van der Waals surface area (Å²) >= 11 is 1.62. The van der Waals surface area contributed by atoms with Gasteiger partial charge in [0.05, 0.1) is 6.54 Å². The van der Waals surface area contributed by atoms with Crippen LogP contribution in [-0.4, -0.2) is 31.7 Å². The molecule has 0 fully saturated rings. The average molecular weight is 197 g/mol. The highest BCUT2D eigenvalue weighted by Gasteiger charge is 2.02. The Hall–Kier alpha value is -1.19. The second-order valence-corrected chi connectivity index (χ2v) is 3.82. The predicted octanol–water partition coefficient (Wildman–Crippen LogP) is 1.09. The van der Waals surface area contributed by atoms with E-state index >= 15 is 0 Å². The number of hydrogen-bond donors (Lipinski definition) is 0. The fourth-order valence-electron chi connectivity index (χ4n) is 0.831. The van der Waals surface area contributed by atoms with Crippen LogP contribution in [-0.2, 0) is 11.2 Å². The molecule has 0 radical (unpaired) electrons. The van der Waals surface area contributed by atoms with Crippen molar-refractivity contribution in [3.05, 3.63) is 11.1 Å². The van der Waals surface area contributed by atoms with Crippen LogP contribution in [0.2, 0.25) is 0 Å². The molecule has 0 amide bonds. The molecular weight excluding hydrogens is 186 g/mol. The average Bonchev–Trinajstić information content (AvgIpc) is 2.53. The molecule has 0 aliphatic carbocycles. The van der Waals surface area contributed by atoms with E-state index in [9.17, 15) is 4.79 Å². The molecule has 0 bridgehead atoms. The summed E-state index contributed by atoms with van der Waals surface area (Å²) in [5.74, 6) is 0. The zero-order valence-corrected chi connectivity index (χ0v) is 8.47. The zero-order valence-electron chi connectivity index (χ0n) is 7.65. The fraction of sp³-hybridized carbons (Fsp3) is 0.500. The molecule has 0 aromatic carbocycles. The summed E-state index contributed by atoms with van der Waals surface area (Å²) in [6.45, 7) is 0.499. The Morgan fingerprint density at radius 3 is 3.00 bits per heavy atom. The van der Waals surface area contributed by atoms with Gasteiger partial charge in [-0.2, -0.15) is 0 Å². The molecule has 0 aliphatic heterocycles. The van der Waals surface area contributed by atoms with Crippen molar-refractivity contribution in [1.82, 2.24) is 4.98 Å². The number of thiazole rings is 1. The van der Waals surface area contributed by atoms with Crippen molar-refractivity contribution >= 4 is 22.5 Å². The van der Waals surface area contributed by atoms with Crippen LogP contribution in [0.15, 0.2) is 11.2 Å². The molecule has 0 saturated carbocycles. The van der Waals surface area contributed by atoms with E-state index in [-0.39, 0.29) is 0 Å². The maximum absolute atomic E-state index is 9.80. The third kappa shape index (κ3) is 2.97. The lowest BCUT2D eigenvalue weighted by Gasteiger charge is -2.04. The van der Waals surface area contributed by atoms with Crippen molar-refractivity contribution in [3.63, 3.8) is 0 Å². The molecule has 5 heteroatoms. The van der Waals surface area contributed by atoms with E-state index in [1.807, 2.05) is 25.2 Å². The van der Waals surface area contributed by atoms with Gasteiger partial charge in [0.1, 0.15) is 0 Å². The maximum atomic E-state index is 9.80. The lowest BCUT2D eigenvalue weighted by Crippen LogP contribution is -2.07. The van der Waals surface area contributed by atoms with Gasteiger partial charge in [-0.1, -0.05) is 0 Å². The van der Waals surface area contributed by atoms with Gasteiger partial charge in [0.2, 0.25) is 6.08 Å². The first kappa shape index (κ1) is 9.89. The first-order chi connectivity index (χ1) is 6.24. The SMILES string of the molecule is CN(C)c1ncc(CCN=C=O)s1. The molecule has 0 atom stereocenters. The summed E-state index contributed by atoms with van der Waals surface area (Å²) in [5, 5.41) is 0.977.